The lowest BCUT2D eigenvalue weighted by Crippen LogP contribution is -2.40. The monoisotopic (exact) mass is 464 g/mol. The number of hydrogen-bond acceptors (Lipinski definition) is 3. The lowest BCUT2D eigenvalue weighted by molar-refractivity contribution is -0.131. The molecule has 1 atom stereocenters. The van der Waals surface area contributed by atoms with Crippen LogP contribution in [0.2, 0.25) is 0 Å². The minimum absolute atomic E-state index is 0.00424. The van der Waals surface area contributed by atoms with Crippen LogP contribution in [-0.4, -0.2) is 36.9 Å². The Hall–Kier alpha value is -2.09. The summed E-state index contributed by atoms with van der Waals surface area (Å²) < 4.78 is 6.15. The van der Waals surface area contributed by atoms with E-state index in [2.05, 4.69) is 27.9 Å². The average molecular weight is 464 g/mol. The van der Waals surface area contributed by atoms with Gasteiger partial charge < -0.3 is 15.0 Å². The van der Waals surface area contributed by atoms with Gasteiger partial charge >= 0.3 is 0 Å². The number of carbonyl (C=O) groups excluding carboxylic acids is 2. The molecule has 0 aromatic heterocycles. The zero-order valence-electron chi connectivity index (χ0n) is 14.6. The number of ether oxygens (including phenoxy) is 1. The maximum Gasteiger partial charge on any atom is 0.252 e. The van der Waals surface area contributed by atoms with Crippen LogP contribution in [0.15, 0.2) is 48.5 Å². The fourth-order valence-corrected chi connectivity index (χ4v) is 3.89. The number of benzene rings is 2. The maximum absolute atomic E-state index is 12.7. The Morgan fingerprint density at radius 3 is 2.81 bits per heavy atom. The number of rotatable bonds is 5. The Kier molecular flexibility index (Phi) is 6.13. The van der Waals surface area contributed by atoms with Crippen LogP contribution in [0, 0.1) is 3.57 Å². The topological polar surface area (TPSA) is 58.6 Å². The molecule has 5 nitrogen and oxygen atoms in total. The summed E-state index contributed by atoms with van der Waals surface area (Å²) in [6.07, 6.45) is 1.88. The molecule has 6 heteroatoms. The van der Waals surface area contributed by atoms with Gasteiger partial charge in [0.05, 0.1) is 25.3 Å². The predicted molar refractivity (Wildman–Crippen MR) is 108 cm³/mol. The van der Waals surface area contributed by atoms with Crippen LogP contribution in [-0.2, 0) is 4.79 Å². The molecule has 2 aromatic carbocycles. The molecule has 1 aliphatic heterocycles. The molecule has 0 saturated carbocycles. The van der Waals surface area contributed by atoms with Crippen molar-refractivity contribution in [2.45, 2.75) is 18.9 Å². The lowest BCUT2D eigenvalue weighted by atomic mass is 10.0. The van der Waals surface area contributed by atoms with Gasteiger partial charge in [-0.15, -0.1) is 0 Å². The molecule has 2 aromatic rings. The van der Waals surface area contributed by atoms with Crippen LogP contribution in [0.25, 0.3) is 0 Å². The van der Waals surface area contributed by atoms with Gasteiger partial charge in [0.2, 0.25) is 5.91 Å². The highest BCUT2D eigenvalue weighted by Gasteiger charge is 2.30. The van der Waals surface area contributed by atoms with E-state index in [1.165, 1.54) is 0 Å². The summed E-state index contributed by atoms with van der Waals surface area (Å²) in [7, 11) is 1.64. The zero-order chi connectivity index (χ0) is 18.5. The van der Waals surface area contributed by atoms with Gasteiger partial charge in [-0.05, 0) is 65.3 Å². The minimum atomic E-state index is -0.222. The van der Waals surface area contributed by atoms with Gasteiger partial charge in [-0.1, -0.05) is 24.3 Å². The second-order valence-electron chi connectivity index (χ2n) is 6.18. The average Bonchev–Trinajstić information content (AvgIpc) is 3.16. The number of amides is 2. The summed E-state index contributed by atoms with van der Waals surface area (Å²) in [6.45, 7) is 0.712. The molecule has 1 N–H and O–H groups in total. The Morgan fingerprint density at radius 2 is 2.04 bits per heavy atom. The smallest absolute Gasteiger partial charge is 0.252 e. The summed E-state index contributed by atoms with van der Waals surface area (Å²) in [5.74, 6) is 0.504. The first-order chi connectivity index (χ1) is 12.6. The number of carbonyl (C=O) groups is 2. The van der Waals surface area contributed by atoms with Crippen molar-refractivity contribution >= 4 is 34.4 Å². The Labute approximate surface area is 166 Å². The molecule has 1 unspecified atom stereocenters. The van der Waals surface area contributed by atoms with Gasteiger partial charge in [-0.3, -0.25) is 9.59 Å². The van der Waals surface area contributed by atoms with Crippen molar-refractivity contribution in [3.8, 4) is 5.75 Å². The zero-order valence-corrected chi connectivity index (χ0v) is 16.7. The number of nitrogens with one attached hydrogen (secondary N) is 1. The molecule has 0 aliphatic carbocycles. The van der Waals surface area contributed by atoms with Crippen LogP contribution in [0.5, 0.6) is 5.75 Å². The van der Waals surface area contributed by atoms with E-state index in [1.807, 2.05) is 47.4 Å². The number of hydrogen-bond donors (Lipinski definition) is 1. The quantitative estimate of drug-likeness (QED) is 0.691. The fourth-order valence-electron chi connectivity index (χ4n) is 3.26. The molecule has 1 aliphatic rings. The fraction of sp³-hybridized carbons (Fsp3) is 0.300. The normalized spacial score (nSPS) is 16.4. The van der Waals surface area contributed by atoms with Crippen molar-refractivity contribution in [3.63, 3.8) is 0 Å². The summed E-state index contributed by atoms with van der Waals surface area (Å²) in [6, 6.07) is 15.2. The van der Waals surface area contributed by atoms with Crippen LogP contribution < -0.4 is 10.1 Å². The first-order valence-corrected chi connectivity index (χ1v) is 9.64. The third kappa shape index (κ3) is 4.17. The third-order valence-electron chi connectivity index (χ3n) is 4.57. The van der Waals surface area contributed by atoms with Gasteiger partial charge in [0.1, 0.15) is 5.75 Å². The minimum Gasteiger partial charge on any atom is -0.497 e. The number of methoxy groups -OCH3 is 1. The first kappa shape index (κ1) is 18.7. The SMILES string of the molecule is COc1cccc(C2CCCN2C(=O)CNC(=O)c2ccccc2I)c1. The van der Waals surface area contributed by atoms with E-state index in [1.54, 1.807) is 13.2 Å². The molecule has 1 saturated heterocycles. The second-order valence-corrected chi connectivity index (χ2v) is 7.35. The highest BCUT2D eigenvalue weighted by Crippen LogP contribution is 2.33. The molecule has 0 bridgehead atoms. The molecule has 3 rings (SSSR count). The van der Waals surface area contributed by atoms with Crippen molar-refractivity contribution in [2.24, 2.45) is 0 Å². The molecular formula is C20H21IN2O3. The summed E-state index contributed by atoms with van der Waals surface area (Å²) >= 11 is 2.12. The van der Waals surface area contributed by atoms with Crippen molar-refractivity contribution in [3.05, 3.63) is 63.2 Å². The second kappa shape index (κ2) is 8.53. The third-order valence-corrected chi connectivity index (χ3v) is 5.51. The van der Waals surface area contributed by atoms with Crippen LogP contribution in [0.3, 0.4) is 0 Å². The molecule has 136 valence electrons. The van der Waals surface area contributed by atoms with Gasteiger partial charge in [0.25, 0.3) is 5.91 Å². The molecule has 1 fully saturated rings. The van der Waals surface area contributed by atoms with Gasteiger partial charge in [0, 0.05) is 10.1 Å². The predicted octanol–water partition coefficient (Wildman–Crippen LogP) is 3.39. The largest absolute Gasteiger partial charge is 0.497 e. The Morgan fingerprint density at radius 1 is 1.23 bits per heavy atom. The first-order valence-electron chi connectivity index (χ1n) is 8.56. The highest BCUT2D eigenvalue weighted by atomic mass is 127. The lowest BCUT2D eigenvalue weighted by Gasteiger charge is -2.25. The van der Waals surface area contributed by atoms with E-state index in [9.17, 15) is 9.59 Å². The van der Waals surface area contributed by atoms with E-state index in [0.29, 0.717) is 12.1 Å². The van der Waals surface area contributed by atoms with E-state index in [4.69, 9.17) is 4.74 Å². The Balaban J connectivity index is 1.65. The molecule has 0 radical (unpaired) electrons. The van der Waals surface area contributed by atoms with Gasteiger partial charge in [0.15, 0.2) is 0 Å². The van der Waals surface area contributed by atoms with E-state index < -0.39 is 0 Å². The van der Waals surface area contributed by atoms with Crippen molar-refractivity contribution in [1.29, 1.82) is 0 Å². The Bertz CT molecular complexity index is 809. The number of halogens is 1. The van der Waals surface area contributed by atoms with E-state index in [-0.39, 0.29) is 24.4 Å². The summed E-state index contributed by atoms with van der Waals surface area (Å²) in [4.78, 5) is 26.9. The van der Waals surface area contributed by atoms with Crippen molar-refractivity contribution in [1.82, 2.24) is 10.2 Å². The van der Waals surface area contributed by atoms with E-state index in [0.717, 1.165) is 27.7 Å². The highest BCUT2D eigenvalue weighted by molar-refractivity contribution is 14.1. The summed E-state index contributed by atoms with van der Waals surface area (Å²) in [5.41, 5.74) is 1.66. The van der Waals surface area contributed by atoms with Crippen LogP contribution in [0.1, 0.15) is 34.8 Å². The van der Waals surface area contributed by atoms with Gasteiger partial charge in [-0.2, -0.15) is 0 Å². The van der Waals surface area contributed by atoms with Crippen molar-refractivity contribution < 1.29 is 14.3 Å². The molecular weight excluding hydrogens is 443 g/mol. The van der Waals surface area contributed by atoms with Crippen LogP contribution >= 0.6 is 22.6 Å². The maximum atomic E-state index is 12.7. The standard InChI is InChI=1S/C20H21IN2O3/c1-26-15-7-4-6-14(12-15)18-10-5-11-23(18)19(24)13-22-20(25)16-8-2-3-9-17(16)21/h2-4,6-9,12,18H,5,10-11,13H2,1H3,(H,22,25). The van der Waals surface area contributed by atoms with Crippen molar-refractivity contribution in [2.75, 3.05) is 20.2 Å². The number of likely N-dealkylation sites (tertiary alicyclic amines) is 1. The van der Waals surface area contributed by atoms with Crippen LogP contribution in [0.4, 0.5) is 0 Å². The molecule has 26 heavy (non-hydrogen) atoms. The van der Waals surface area contributed by atoms with Gasteiger partial charge in [-0.25, -0.2) is 0 Å². The summed E-state index contributed by atoms with van der Waals surface area (Å²) in [5, 5.41) is 2.75. The molecule has 0 spiro atoms. The van der Waals surface area contributed by atoms with E-state index >= 15 is 0 Å². The number of nitrogens with zero attached hydrogens (tertiary/aromatic N) is 1. The molecule has 1 heterocycles. The molecule has 2 amide bonds.